The maximum atomic E-state index is 11.8. The minimum Gasteiger partial charge on any atom is -0.451 e. The zero-order valence-corrected chi connectivity index (χ0v) is 13.2. The van der Waals surface area contributed by atoms with Crippen molar-refractivity contribution in [2.45, 2.75) is 0 Å². The van der Waals surface area contributed by atoms with Crippen molar-refractivity contribution in [2.75, 3.05) is 11.9 Å². The maximum absolute atomic E-state index is 11.8. The second-order valence-corrected chi connectivity index (χ2v) is 5.02. The first-order chi connectivity index (χ1) is 11.4. The number of halogens is 1. The number of nitrogens with zero attached hydrogens (tertiary/aromatic N) is 3. The van der Waals surface area contributed by atoms with Gasteiger partial charge in [0.25, 0.3) is 11.5 Å². The van der Waals surface area contributed by atoms with Crippen LogP contribution in [-0.2, 0) is 16.6 Å². The highest BCUT2D eigenvalue weighted by Crippen LogP contribution is 2.20. The fraction of sp³-hybridized carbons (Fsp3) is 0.133. The Morgan fingerprint density at radius 3 is 2.75 bits per heavy atom. The number of aromatic nitrogens is 2. The van der Waals surface area contributed by atoms with Crippen LogP contribution in [-0.4, -0.2) is 28.3 Å². The van der Waals surface area contributed by atoms with Crippen molar-refractivity contribution in [1.29, 1.82) is 5.26 Å². The average molecular weight is 347 g/mol. The number of hydrogen-bond acceptors (Lipinski definition) is 6. The molecule has 1 N–H and O–H groups in total. The van der Waals surface area contributed by atoms with E-state index in [1.165, 1.54) is 37.4 Å². The molecule has 1 aromatic heterocycles. The van der Waals surface area contributed by atoms with E-state index in [1.807, 2.05) is 6.07 Å². The molecule has 0 aliphatic heterocycles. The summed E-state index contributed by atoms with van der Waals surface area (Å²) >= 11 is 5.85. The summed E-state index contributed by atoms with van der Waals surface area (Å²) in [6, 6.07) is 8.64. The normalized spacial score (nSPS) is 9.88. The molecule has 9 heteroatoms. The largest absolute Gasteiger partial charge is 0.451 e. The van der Waals surface area contributed by atoms with E-state index in [0.29, 0.717) is 5.69 Å². The number of amides is 1. The summed E-state index contributed by atoms with van der Waals surface area (Å²) in [6.45, 7) is -0.541. The van der Waals surface area contributed by atoms with E-state index in [2.05, 4.69) is 10.4 Å². The minimum atomic E-state index is -0.835. The van der Waals surface area contributed by atoms with Crippen LogP contribution < -0.4 is 10.9 Å². The third-order valence-corrected chi connectivity index (χ3v) is 3.19. The summed E-state index contributed by atoms with van der Waals surface area (Å²) < 4.78 is 5.80. The molecule has 0 fully saturated rings. The summed E-state index contributed by atoms with van der Waals surface area (Å²) in [5.41, 5.74) is 0.176. The number of hydrogen-bond donors (Lipinski definition) is 1. The number of esters is 1. The molecule has 0 saturated carbocycles. The Hall–Kier alpha value is -3.18. The molecule has 24 heavy (non-hydrogen) atoms. The molecule has 2 rings (SSSR count). The molecule has 1 heterocycles. The van der Waals surface area contributed by atoms with Crippen molar-refractivity contribution >= 4 is 29.2 Å². The SMILES string of the molecule is Cn1nc(C(=O)OCC(=O)Nc2ccc(C#N)c(Cl)c2)ccc1=O. The second kappa shape index (κ2) is 7.39. The Kier molecular flexibility index (Phi) is 5.29. The van der Waals surface area contributed by atoms with Gasteiger partial charge in [-0.05, 0) is 24.3 Å². The quantitative estimate of drug-likeness (QED) is 0.829. The first kappa shape index (κ1) is 17.2. The van der Waals surface area contributed by atoms with Gasteiger partial charge in [-0.15, -0.1) is 0 Å². The van der Waals surface area contributed by atoms with Crippen LogP contribution >= 0.6 is 11.6 Å². The molecule has 0 radical (unpaired) electrons. The first-order valence-electron chi connectivity index (χ1n) is 6.61. The fourth-order valence-electron chi connectivity index (χ4n) is 1.70. The van der Waals surface area contributed by atoms with E-state index in [4.69, 9.17) is 21.6 Å². The van der Waals surface area contributed by atoms with Gasteiger partial charge in [0.2, 0.25) is 0 Å². The zero-order chi connectivity index (χ0) is 17.7. The van der Waals surface area contributed by atoms with Crippen LogP contribution in [0.5, 0.6) is 0 Å². The number of benzene rings is 1. The molecule has 0 atom stereocenters. The van der Waals surface area contributed by atoms with Crippen molar-refractivity contribution < 1.29 is 14.3 Å². The summed E-state index contributed by atoms with van der Waals surface area (Å²) in [7, 11) is 1.39. The second-order valence-electron chi connectivity index (χ2n) is 4.61. The van der Waals surface area contributed by atoms with E-state index in [0.717, 1.165) is 4.68 Å². The summed E-state index contributed by atoms with van der Waals surface area (Å²) in [4.78, 5) is 34.7. The molecule has 2 aromatic rings. The first-order valence-corrected chi connectivity index (χ1v) is 6.99. The Morgan fingerprint density at radius 1 is 1.38 bits per heavy atom. The highest BCUT2D eigenvalue weighted by atomic mass is 35.5. The van der Waals surface area contributed by atoms with E-state index in [-0.39, 0.29) is 21.8 Å². The summed E-state index contributed by atoms with van der Waals surface area (Å²) in [6.07, 6.45) is 0. The third kappa shape index (κ3) is 4.18. The van der Waals surface area contributed by atoms with Gasteiger partial charge in [-0.2, -0.15) is 10.4 Å². The molecule has 122 valence electrons. The van der Waals surface area contributed by atoms with Crippen LogP contribution in [0.1, 0.15) is 16.1 Å². The lowest BCUT2D eigenvalue weighted by atomic mass is 10.2. The minimum absolute atomic E-state index is 0.0914. The summed E-state index contributed by atoms with van der Waals surface area (Å²) in [5.74, 6) is -1.42. The maximum Gasteiger partial charge on any atom is 0.359 e. The Balaban J connectivity index is 1.94. The molecule has 0 bridgehead atoms. The van der Waals surface area contributed by atoms with Gasteiger partial charge in [-0.25, -0.2) is 9.48 Å². The van der Waals surface area contributed by atoms with E-state index >= 15 is 0 Å². The van der Waals surface area contributed by atoms with Gasteiger partial charge in [0, 0.05) is 18.8 Å². The van der Waals surface area contributed by atoms with Gasteiger partial charge >= 0.3 is 5.97 Å². The van der Waals surface area contributed by atoms with Gasteiger partial charge < -0.3 is 10.1 Å². The average Bonchev–Trinajstić information content (AvgIpc) is 2.55. The van der Waals surface area contributed by atoms with Crippen molar-refractivity contribution in [3.8, 4) is 6.07 Å². The molecule has 0 aliphatic carbocycles. The van der Waals surface area contributed by atoms with Gasteiger partial charge in [-0.1, -0.05) is 11.6 Å². The number of carbonyl (C=O) groups excluding carboxylic acids is 2. The molecule has 8 nitrogen and oxygen atoms in total. The van der Waals surface area contributed by atoms with E-state index in [1.54, 1.807) is 0 Å². The number of anilines is 1. The molecule has 0 aliphatic rings. The van der Waals surface area contributed by atoms with E-state index < -0.39 is 18.5 Å². The van der Waals surface area contributed by atoms with E-state index in [9.17, 15) is 14.4 Å². The molecular weight excluding hydrogens is 336 g/mol. The summed E-state index contributed by atoms with van der Waals surface area (Å²) in [5, 5.41) is 15.2. The Bertz CT molecular complexity index is 901. The highest BCUT2D eigenvalue weighted by Gasteiger charge is 2.13. The van der Waals surface area contributed by atoms with Crippen LogP contribution in [0.25, 0.3) is 0 Å². The van der Waals surface area contributed by atoms with Gasteiger partial charge in [0.05, 0.1) is 10.6 Å². The number of aryl methyl sites for hydroxylation is 1. The molecule has 1 aromatic carbocycles. The van der Waals surface area contributed by atoms with Gasteiger partial charge in [-0.3, -0.25) is 9.59 Å². The van der Waals surface area contributed by atoms with Gasteiger partial charge in [0.15, 0.2) is 12.3 Å². The van der Waals surface area contributed by atoms with Gasteiger partial charge in [0.1, 0.15) is 6.07 Å². The van der Waals surface area contributed by atoms with Crippen LogP contribution in [0.3, 0.4) is 0 Å². The van der Waals surface area contributed by atoms with Crippen LogP contribution in [0.4, 0.5) is 5.69 Å². The smallest absolute Gasteiger partial charge is 0.359 e. The number of carbonyl (C=O) groups is 2. The zero-order valence-electron chi connectivity index (χ0n) is 12.4. The highest BCUT2D eigenvalue weighted by molar-refractivity contribution is 6.32. The third-order valence-electron chi connectivity index (χ3n) is 2.88. The number of nitriles is 1. The standard InChI is InChI=1S/C15H11ClN4O4/c1-20-14(22)5-4-12(19-20)15(23)24-8-13(21)18-10-3-2-9(7-17)11(16)6-10/h2-6H,8H2,1H3,(H,18,21). The fourth-order valence-corrected chi connectivity index (χ4v) is 1.92. The predicted octanol–water partition coefficient (Wildman–Crippen LogP) is 1.10. The molecule has 0 spiro atoms. The lowest BCUT2D eigenvalue weighted by Gasteiger charge is -2.07. The van der Waals surface area contributed by atoms with Crippen molar-refractivity contribution in [1.82, 2.24) is 9.78 Å². The molecule has 0 unspecified atom stereocenters. The van der Waals surface area contributed by atoms with Crippen molar-refractivity contribution in [3.63, 3.8) is 0 Å². The predicted molar refractivity (Wildman–Crippen MR) is 84.6 cm³/mol. The molecule has 0 saturated heterocycles. The van der Waals surface area contributed by atoms with Crippen LogP contribution in [0.2, 0.25) is 5.02 Å². The monoisotopic (exact) mass is 346 g/mol. The van der Waals surface area contributed by atoms with Crippen LogP contribution in [0.15, 0.2) is 35.1 Å². The van der Waals surface area contributed by atoms with Crippen molar-refractivity contribution in [3.05, 3.63) is 57.0 Å². The van der Waals surface area contributed by atoms with Crippen LogP contribution in [0, 0.1) is 11.3 Å². The number of rotatable bonds is 4. The number of ether oxygens (including phenoxy) is 1. The lowest BCUT2D eigenvalue weighted by molar-refractivity contribution is -0.119. The van der Waals surface area contributed by atoms with Crippen molar-refractivity contribution in [2.24, 2.45) is 7.05 Å². The Morgan fingerprint density at radius 2 is 2.12 bits per heavy atom. The topological polar surface area (TPSA) is 114 Å². The number of nitrogens with one attached hydrogen (secondary N) is 1. The molecule has 1 amide bonds. The lowest BCUT2D eigenvalue weighted by Crippen LogP contribution is -2.24. The molecular formula is C15H11ClN4O4. The Labute approximate surface area is 141 Å².